The molecule has 0 aliphatic heterocycles. The number of hydrogen-bond donors (Lipinski definition) is 1. The van der Waals surface area contributed by atoms with Crippen molar-refractivity contribution in [3.05, 3.63) is 16.0 Å². The number of alkyl halides is 3. The summed E-state index contributed by atoms with van der Waals surface area (Å²) in [7, 11) is 0. The van der Waals surface area contributed by atoms with E-state index in [1.807, 2.05) is 22.6 Å². The van der Waals surface area contributed by atoms with Crippen molar-refractivity contribution in [2.75, 3.05) is 24.5 Å². The summed E-state index contributed by atoms with van der Waals surface area (Å²) in [6, 6.07) is 0. The second-order valence-electron chi connectivity index (χ2n) is 3.03. The standard InChI is InChI=1S/C8H10F3IN4/c9-8(10,11)5-16(2-1-13)7-14-3-6(12)4-15-7/h3-4H,1-2,5,13H2. The average Bonchev–Trinajstić information content (AvgIpc) is 2.16. The van der Waals surface area contributed by atoms with Crippen LogP contribution in [0.3, 0.4) is 0 Å². The molecule has 0 spiro atoms. The van der Waals surface area contributed by atoms with Gasteiger partial charge in [-0.1, -0.05) is 0 Å². The number of hydrogen-bond acceptors (Lipinski definition) is 4. The molecule has 0 radical (unpaired) electrons. The van der Waals surface area contributed by atoms with Gasteiger partial charge in [-0.3, -0.25) is 0 Å². The monoisotopic (exact) mass is 346 g/mol. The van der Waals surface area contributed by atoms with Crippen LogP contribution in [0, 0.1) is 3.57 Å². The van der Waals surface area contributed by atoms with Crippen molar-refractivity contribution < 1.29 is 13.2 Å². The molecule has 8 heteroatoms. The van der Waals surface area contributed by atoms with E-state index >= 15 is 0 Å². The molecule has 2 N–H and O–H groups in total. The van der Waals surface area contributed by atoms with Gasteiger partial charge in [0, 0.05) is 29.1 Å². The molecule has 0 amide bonds. The number of aromatic nitrogens is 2. The van der Waals surface area contributed by atoms with E-state index in [9.17, 15) is 13.2 Å². The molecule has 0 aromatic carbocycles. The highest BCUT2D eigenvalue weighted by Gasteiger charge is 2.31. The van der Waals surface area contributed by atoms with Crippen molar-refractivity contribution in [1.82, 2.24) is 9.97 Å². The lowest BCUT2D eigenvalue weighted by atomic mass is 10.4. The van der Waals surface area contributed by atoms with Crippen molar-refractivity contribution in [2.45, 2.75) is 6.18 Å². The van der Waals surface area contributed by atoms with Gasteiger partial charge in [0.1, 0.15) is 6.54 Å². The summed E-state index contributed by atoms with van der Waals surface area (Å²) in [6.07, 6.45) is -1.37. The van der Waals surface area contributed by atoms with Gasteiger partial charge in [-0.2, -0.15) is 13.2 Å². The Morgan fingerprint density at radius 1 is 1.31 bits per heavy atom. The van der Waals surface area contributed by atoms with Gasteiger partial charge in [0.15, 0.2) is 0 Å². The van der Waals surface area contributed by atoms with Crippen LogP contribution in [-0.4, -0.2) is 35.8 Å². The molecule has 1 rings (SSSR count). The van der Waals surface area contributed by atoms with Crippen LogP contribution in [0.5, 0.6) is 0 Å². The zero-order chi connectivity index (χ0) is 12.2. The largest absolute Gasteiger partial charge is 0.406 e. The zero-order valence-corrected chi connectivity index (χ0v) is 10.4. The fourth-order valence-electron chi connectivity index (χ4n) is 1.09. The summed E-state index contributed by atoms with van der Waals surface area (Å²) in [6.45, 7) is -0.906. The molecule has 90 valence electrons. The van der Waals surface area contributed by atoms with Gasteiger partial charge in [-0.15, -0.1) is 0 Å². The first kappa shape index (κ1) is 13.4. The lowest BCUT2D eigenvalue weighted by Gasteiger charge is -2.22. The highest BCUT2D eigenvalue weighted by atomic mass is 127. The van der Waals surface area contributed by atoms with Crippen LogP contribution in [-0.2, 0) is 0 Å². The van der Waals surface area contributed by atoms with E-state index < -0.39 is 12.7 Å². The molecule has 0 unspecified atom stereocenters. The van der Waals surface area contributed by atoms with Gasteiger partial charge in [-0.05, 0) is 22.6 Å². The van der Waals surface area contributed by atoms with E-state index in [0.717, 1.165) is 8.47 Å². The number of rotatable bonds is 4. The van der Waals surface area contributed by atoms with Gasteiger partial charge in [0.2, 0.25) is 5.95 Å². The molecule has 1 aromatic rings. The summed E-state index contributed by atoms with van der Waals surface area (Å²) in [5, 5.41) is 0. The van der Waals surface area contributed by atoms with Crippen LogP contribution in [0.2, 0.25) is 0 Å². The van der Waals surface area contributed by atoms with Gasteiger partial charge in [-0.25, -0.2) is 9.97 Å². The molecule has 0 saturated heterocycles. The topological polar surface area (TPSA) is 55.0 Å². The molecular formula is C8H10F3IN4. The van der Waals surface area contributed by atoms with Crippen LogP contribution < -0.4 is 10.6 Å². The van der Waals surface area contributed by atoms with Gasteiger partial charge >= 0.3 is 6.18 Å². The smallest absolute Gasteiger partial charge is 0.330 e. The molecule has 1 aromatic heterocycles. The number of nitrogens with two attached hydrogens (primary N) is 1. The van der Waals surface area contributed by atoms with E-state index in [2.05, 4.69) is 9.97 Å². The van der Waals surface area contributed by atoms with Gasteiger partial charge < -0.3 is 10.6 Å². The Morgan fingerprint density at radius 2 is 1.88 bits per heavy atom. The SMILES string of the molecule is NCCN(CC(F)(F)F)c1ncc(I)cn1. The van der Waals surface area contributed by atoms with Crippen LogP contribution in [0.4, 0.5) is 19.1 Å². The fourth-order valence-corrected chi connectivity index (χ4v) is 1.37. The molecule has 4 nitrogen and oxygen atoms in total. The van der Waals surface area contributed by atoms with Gasteiger partial charge in [0.05, 0.1) is 0 Å². The summed E-state index contributed by atoms with van der Waals surface area (Å²) >= 11 is 1.98. The third kappa shape index (κ3) is 4.47. The Labute approximate surface area is 104 Å². The second-order valence-corrected chi connectivity index (χ2v) is 4.27. The van der Waals surface area contributed by atoms with E-state index in [-0.39, 0.29) is 19.0 Å². The van der Waals surface area contributed by atoms with Crippen LogP contribution in [0.25, 0.3) is 0 Å². The maximum atomic E-state index is 12.3. The first-order valence-electron chi connectivity index (χ1n) is 4.41. The number of nitrogens with zero attached hydrogens (tertiary/aromatic N) is 3. The molecule has 0 bridgehead atoms. The zero-order valence-electron chi connectivity index (χ0n) is 8.21. The van der Waals surface area contributed by atoms with E-state index in [1.54, 1.807) is 0 Å². The highest BCUT2D eigenvalue weighted by Crippen LogP contribution is 2.19. The molecule has 0 saturated carbocycles. The number of anilines is 1. The molecule has 0 aliphatic rings. The minimum atomic E-state index is -4.29. The number of halogens is 4. The fraction of sp³-hybridized carbons (Fsp3) is 0.500. The molecule has 0 aliphatic carbocycles. The Bertz CT molecular complexity index is 327. The maximum absolute atomic E-state index is 12.3. The Morgan fingerprint density at radius 3 is 2.31 bits per heavy atom. The van der Waals surface area contributed by atoms with E-state index in [1.165, 1.54) is 12.4 Å². The van der Waals surface area contributed by atoms with E-state index in [4.69, 9.17) is 5.73 Å². The third-order valence-electron chi connectivity index (χ3n) is 1.66. The summed E-state index contributed by atoms with van der Waals surface area (Å²) < 4.78 is 37.5. The lowest BCUT2D eigenvalue weighted by molar-refractivity contribution is -0.119. The van der Waals surface area contributed by atoms with Crippen LogP contribution in [0.1, 0.15) is 0 Å². The second kappa shape index (κ2) is 5.62. The Kier molecular flexibility index (Phi) is 4.71. The van der Waals surface area contributed by atoms with Crippen molar-refractivity contribution in [2.24, 2.45) is 5.73 Å². The quantitative estimate of drug-likeness (QED) is 0.838. The predicted octanol–water partition coefficient (Wildman–Crippen LogP) is 1.41. The van der Waals surface area contributed by atoms with Crippen molar-refractivity contribution in [3.63, 3.8) is 0 Å². The average molecular weight is 346 g/mol. The minimum Gasteiger partial charge on any atom is -0.330 e. The molecule has 0 fully saturated rings. The normalized spacial score (nSPS) is 11.6. The summed E-state index contributed by atoms with van der Waals surface area (Å²) in [4.78, 5) is 8.68. The minimum absolute atomic E-state index is 0.0446. The van der Waals surface area contributed by atoms with E-state index in [0.29, 0.717) is 0 Å². The Hall–Kier alpha value is -0.640. The Balaban J connectivity index is 2.80. The first-order valence-corrected chi connectivity index (χ1v) is 5.49. The van der Waals surface area contributed by atoms with Crippen molar-refractivity contribution in [1.29, 1.82) is 0 Å². The first-order chi connectivity index (χ1) is 7.42. The third-order valence-corrected chi connectivity index (χ3v) is 2.22. The van der Waals surface area contributed by atoms with Crippen LogP contribution in [0.15, 0.2) is 12.4 Å². The van der Waals surface area contributed by atoms with Gasteiger partial charge in [0.25, 0.3) is 0 Å². The molecular weight excluding hydrogens is 336 g/mol. The van der Waals surface area contributed by atoms with Crippen molar-refractivity contribution >= 4 is 28.5 Å². The maximum Gasteiger partial charge on any atom is 0.406 e. The summed E-state index contributed by atoms with van der Waals surface area (Å²) in [5.41, 5.74) is 5.25. The molecule has 16 heavy (non-hydrogen) atoms. The van der Waals surface area contributed by atoms with Crippen LogP contribution >= 0.6 is 22.6 Å². The molecule has 1 heterocycles. The lowest BCUT2D eigenvalue weighted by Crippen LogP contribution is -2.38. The summed E-state index contributed by atoms with van der Waals surface area (Å²) in [5.74, 6) is 0.0446. The molecule has 0 atom stereocenters. The highest BCUT2D eigenvalue weighted by molar-refractivity contribution is 14.1. The van der Waals surface area contributed by atoms with Crippen molar-refractivity contribution in [3.8, 4) is 0 Å². The predicted molar refractivity (Wildman–Crippen MR) is 62.1 cm³/mol.